The molecule has 0 amide bonds. The molecule has 0 spiro atoms. The molecule has 0 saturated carbocycles. The summed E-state index contributed by atoms with van der Waals surface area (Å²) in [4.78, 5) is 10.3. The molecule has 0 bridgehead atoms. The quantitative estimate of drug-likeness (QED) is 0.150. The number of hydrogen-bond acceptors (Lipinski definition) is 6. The van der Waals surface area contributed by atoms with Crippen LogP contribution < -0.4 is 14.9 Å². The molecule has 7 nitrogen and oxygen atoms in total. The Bertz CT molecular complexity index is 1070. The molecule has 0 radical (unpaired) electrons. The Labute approximate surface area is 194 Å². The molecule has 0 saturated heterocycles. The molecule has 0 aliphatic rings. The van der Waals surface area contributed by atoms with E-state index in [1.54, 1.807) is 18.3 Å². The zero-order valence-electron chi connectivity index (χ0n) is 18.9. The second-order valence-corrected chi connectivity index (χ2v) is 7.61. The molecular formula is C26H29N3O4. The van der Waals surface area contributed by atoms with Crippen LogP contribution in [0.2, 0.25) is 0 Å². The molecule has 0 fully saturated rings. The molecule has 3 rings (SSSR count). The summed E-state index contributed by atoms with van der Waals surface area (Å²) in [7, 11) is 0. The van der Waals surface area contributed by atoms with Crippen molar-refractivity contribution in [1.29, 1.82) is 0 Å². The standard InChI is InChI=1S/C26H29N3O4/c1-3-20(2)24-10-5-7-12-26(24)33-18-8-17-32-25-11-6-4-9-21(25)19-27-28-22-13-15-23(16-14-22)29(30)31/h4-7,9-16,19-20,28H,3,8,17-18H2,1-2H3/b27-19-/t20-/m1/s1. The number of rotatable bonds is 12. The SMILES string of the molecule is CC[C@@H](C)c1ccccc1OCCCOc1ccccc1/C=N\Nc1ccc([N+](=O)[O-])cc1. The van der Waals surface area contributed by atoms with Gasteiger partial charge in [-0.15, -0.1) is 0 Å². The van der Waals surface area contributed by atoms with E-state index in [1.165, 1.54) is 17.7 Å². The average Bonchev–Trinajstić information content (AvgIpc) is 2.84. The van der Waals surface area contributed by atoms with E-state index in [1.807, 2.05) is 42.5 Å². The van der Waals surface area contributed by atoms with E-state index in [2.05, 4.69) is 30.4 Å². The van der Waals surface area contributed by atoms with Crippen LogP contribution in [-0.2, 0) is 0 Å². The Balaban J connectivity index is 1.49. The van der Waals surface area contributed by atoms with Crippen molar-refractivity contribution in [2.45, 2.75) is 32.6 Å². The fraction of sp³-hybridized carbons (Fsp3) is 0.269. The summed E-state index contributed by atoms with van der Waals surface area (Å²) in [5.41, 5.74) is 5.63. The minimum Gasteiger partial charge on any atom is -0.493 e. The number of nitro benzene ring substituents is 1. The number of nitro groups is 1. The van der Waals surface area contributed by atoms with Gasteiger partial charge < -0.3 is 9.47 Å². The minimum absolute atomic E-state index is 0.0376. The topological polar surface area (TPSA) is 86.0 Å². The van der Waals surface area contributed by atoms with Crippen LogP contribution in [0.1, 0.15) is 43.7 Å². The highest BCUT2D eigenvalue weighted by molar-refractivity contribution is 5.84. The fourth-order valence-corrected chi connectivity index (χ4v) is 3.21. The van der Waals surface area contributed by atoms with Crippen molar-refractivity contribution in [1.82, 2.24) is 0 Å². The third kappa shape index (κ3) is 7.07. The first-order valence-electron chi connectivity index (χ1n) is 11.1. The molecule has 1 atom stereocenters. The van der Waals surface area contributed by atoms with Crippen LogP contribution in [0.25, 0.3) is 0 Å². The van der Waals surface area contributed by atoms with Gasteiger partial charge in [0.1, 0.15) is 11.5 Å². The second-order valence-electron chi connectivity index (χ2n) is 7.61. The lowest BCUT2D eigenvalue weighted by atomic mass is 9.98. The Morgan fingerprint density at radius 1 is 0.970 bits per heavy atom. The Morgan fingerprint density at radius 3 is 2.30 bits per heavy atom. The highest BCUT2D eigenvalue weighted by atomic mass is 16.6. The smallest absolute Gasteiger partial charge is 0.269 e. The van der Waals surface area contributed by atoms with Crippen LogP contribution in [0.5, 0.6) is 11.5 Å². The van der Waals surface area contributed by atoms with Crippen molar-refractivity contribution in [2.75, 3.05) is 18.6 Å². The largest absolute Gasteiger partial charge is 0.493 e. The third-order valence-electron chi connectivity index (χ3n) is 5.26. The van der Waals surface area contributed by atoms with Crippen molar-refractivity contribution in [3.05, 3.63) is 94.0 Å². The van der Waals surface area contributed by atoms with Gasteiger partial charge in [0.25, 0.3) is 5.69 Å². The number of benzene rings is 3. The van der Waals surface area contributed by atoms with Crippen molar-refractivity contribution in [2.24, 2.45) is 5.10 Å². The predicted octanol–water partition coefficient (Wildman–Crippen LogP) is 6.40. The lowest BCUT2D eigenvalue weighted by Crippen LogP contribution is -2.07. The molecule has 0 aliphatic carbocycles. The maximum absolute atomic E-state index is 10.7. The van der Waals surface area contributed by atoms with E-state index >= 15 is 0 Å². The molecule has 172 valence electrons. The second kappa shape index (κ2) is 12.2. The first kappa shape index (κ1) is 23.8. The van der Waals surface area contributed by atoms with Crippen LogP contribution in [0.15, 0.2) is 77.9 Å². The van der Waals surface area contributed by atoms with Gasteiger partial charge in [-0.2, -0.15) is 5.10 Å². The number of hydrazone groups is 1. The molecule has 0 aliphatic heterocycles. The van der Waals surface area contributed by atoms with Gasteiger partial charge in [-0.1, -0.05) is 44.2 Å². The fourth-order valence-electron chi connectivity index (χ4n) is 3.21. The molecule has 1 N–H and O–H groups in total. The summed E-state index contributed by atoms with van der Waals surface area (Å²) >= 11 is 0. The summed E-state index contributed by atoms with van der Waals surface area (Å²) in [6.07, 6.45) is 3.48. The van der Waals surface area contributed by atoms with Gasteiger partial charge >= 0.3 is 0 Å². The van der Waals surface area contributed by atoms with Crippen LogP contribution in [0.3, 0.4) is 0 Å². The van der Waals surface area contributed by atoms with Gasteiger partial charge in [0.2, 0.25) is 0 Å². The number of nitrogens with zero attached hydrogens (tertiary/aromatic N) is 2. The Morgan fingerprint density at radius 2 is 1.61 bits per heavy atom. The Kier molecular flexibility index (Phi) is 8.82. The number of para-hydroxylation sites is 2. The van der Waals surface area contributed by atoms with Crippen molar-refractivity contribution < 1.29 is 14.4 Å². The maximum Gasteiger partial charge on any atom is 0.269 e. The van der Waals surface area contributed by atoms with E-state index in [0.29, 0.717) is 24.8 Å². The van der Waals surface area contributed by atoms with E-state index in [0.717, 1.165) is 29.9 Å². The number of non-ortho nitro benzene ring substituents is 1. The zero-order valence-corrected chi connectivity index (χ0v) is 18.9. The lowest BCUT2D eigenvalue weighted by Gasteiger charge is -2.16. The summed E-state index contributed by atoms with van der Waals surface area (Å²) < 4.78 is 12.0. The summed E-state index contributed by atoms with van der Waals surface area (Å²) in [6, 6.07) is 21.9. The van der Waals surface area contributed by atoms with Crippen molar-refractivity contribution >= 4 is 17.6 Å². The molecule has 3 aromatic rings. The van der Waals surface area contributed by atoms with E-state index < -0.39 is 4.92 Å². The van der Waals surface area contributed by atoms with Crippen LogP contribution in [-0.4, -0.2) is 24.4 Å². The molecule has 0 unspecified atom stereocenters. The summed E-state index contributed by atoms with van der Waals surface area (Å²) in [6.45, 7) is 5.48. The maximum atomic E-state index is 10.7. The summed E-state index contributed by atoms with van der Waals surface area (Å²) in [5.74, 6) is 2.13. The van der Waals surface area contributed by atoms with E-state index in [-0.39, 0.29) is 5.69 Å². The Hall–Kier alpha value is -3.87. The molecule has 3 aromatic carbocycles. The lowest BCUT2D eigenvalue weighted by molar-refractivity contribution is -0.384. The van der Waals surface area contributed by atoms with E-state index in [9.17, 15) is 10.1 Å². The first-order chi connectivity index (χ1) is 16.1. The van der Waals surface area contributed by atoms with Crippen molar-refractivity contribution in [3.63, 3.8) is 0 Å². The average molecular weight is 448 g/mol. The van der Waals surface area contributed by atoms with Gasteiger partial charge in [-0.05, 0) is 48.2 Å². The first-order valence-corrected chi connectivity index (χ1v) is 11.1. The third-order valence-corrected chi connectivity index (χ3v) is 5.26. The van der Waals surface area contributed by atoms with Gasteiger partial charge in [0, 0.05) is 24.1 Å². The van der Waals surface area contributed by atoms with Gasteiger partial charge in [-0.25, -0.2) is 0 Å². The highest BCUT2D eigenvalue weighted by Gasteiger charge is 2.09. The molecular weight excluding hydrogens is 418 g/mol. The minimum atomic E-state index is -0.434. The summed E-state index contributed by atoms with van der Waals surface area (Å²) in [5, 5.41) is 15.0. The molecule has 7 heteroatoms. The number of ether oxygens (including phenoxy) is 2. The molecule has 0 heterocycles. The molecule has 33 heavy (non-hydrogen) atoms. The van der Waals surface area contributed by atoms with Crippen molar-refractivity contribution in [3.8, 4) is 11.5 Å². The van der Waals surface area contributed by atoms with Gasteiger partial charge in [0.15, 0.2) is 0 Å². The number of anilines is 1. The normalized spacial score (nSPS) is 11.8. The predicted molar refractivity (Wildman–Crippen MR) is 132 cm³/mol. The monoisotopic (exact) mass is 447 g/mol. The number of hydrogen-bond donors (Lipinski definition) is 1. The van der Waals surface area contributed by atoms with E-state index in [4.69, 9.17) is 9.47 Å². The molecule has 0 aromatic heterocycles. The number of nitrogens with one attached hydrogen (secondary N) is 1. The van der Waals surface area contributed by atoms with Crippen LogP contribution in [0, 0.1) is 10.1 Å². The van der Waals surface area contributed by atoms with Crippen LogP contribution >= 0.6 is 0 Å². The van der Waals surface area contributed by atoms with Gasteiger partial charge in [-0.3, -0.25) is 15.5 Å². The van der Waals surface area contributed by atoms with Crippen LogP contribution in [0.4, 0.5) is 11.4 Å². The highest BCUT2D eigenvalue weighted by Crippen LogP contribution is 2.28. The zero-order chi connectivity index (χ0) is 23.5. The van der Waals surface area contributed by atoms with Gasteiger partial charge in [0.05, 0.1) is 30.0 Å².